The highest BCUT2D eigenvalue weighted by Crippen LogP contribution is 2.34. The van der Waals surface area contributed by atoms with Gasteiger partial charge in [-0.25, -0.2) is 0 Å². The van der Waals surface area contributed by atoms with Gasteiger partial charge in [-0.05, 0) is 31.2 Å². The highest BCUT2D eigenvalue weighted by atomic mass is 15.0. The second kappa shape index (κ2) is 5.86. The average molecular weight is 212 g/mol. The minimum Gasteiger partial charge on any atom is -0.329 e. The van der Waals surface area contributed by atoms with Gasteiger partial charge in [-0.3, -0.25) is 0 Å². The molecule has 1 rings (SSSR count). The van der Waals surface area contributed by atoms with Gasteiger partial charge in [-0.15, -0.1) is 0 Å². The second-order valence-electron chi connectivity index (χ2n) is 5.22. The zero-order chi connectivity index (χ0) is 11.3. The Labute approximate surface area is 95.0 Å². The maximum Gasteiger partial charge on any atom is 0.0329 e. The Morgan fingerprint density at radius 1 is 1.40 bits per heavy atom. The van der Waals surface area contributed by atoms with Gasteiger partial charge in [-0.2, -0.15) is 0 Å². The smallest absolute Gasteiger partial charge is 0.0329 e. The molecule has 90 valence electrons. The highest BCUT2D eigenvalue weighted by Gasteiger charge is 2.38. The molecule has 1 aliphatic rings. The molecule has 1 saturated carbocycles. The summed E-state index contributed by atoms with van der Waals surface area (Å²) in [4.78, 5) is 0. The molecule has 2 nitrogen and oxygen atoms in total. The summed E-state index contributed by atoms with van der Waals surface area (Å²) >= 11 is 0. The lowest BCUT2D eigenvalue weighted by Crippen LogP contribution is -2.54. The van der Waals surface area contributed by atoms with Crippen LogP contribution in [0.25, 0.3) is 0 Å². The molecule has 15 heavy (non-hydrogen) atoms. The van der Waals surface area contributed by atoms with E-state index in [1.807, 2.05) is 0 Å². The molecule has 0 amide bonds. The molecule has 0 heterocycles. The topological polar surface area (TPSA) is 38.0 Å². The predicted octanol–water partition coefficient (Wildman–Crippen LogP) is 2.53. The van der Waals surface area contributed by atoms with Crippen LogP contribution in [-0.2, 0) is 0 Å². The van der Waals surface area contributed by atoms with Crippen molar-refractivity contribution in [2.24, 2.45) is 17.6 Å². The van der Waals surface area contributed by atoms with Gasteiger partial charge in [0.1, 0.15) is 0 Å². The van der Waals surface area contributed by atoms with Crippen LogP contribution in [0.3, 0.4) is 0 Å². The molecule has 0 saturated heterocycles. The molecule has 0 aliphatic heterocycles. The van der Waals surface area contributed by atoms with Crippen LogP contribution < -0.4 is 11.1 Å². The first-order valence-electron chi connectivity index (χ1n) is 6.63. The summed E-state index contributed by atoms with van der Waals surface area (Å²) in [5.74, 6) is 1.57. The van der Waals surface area contributed by atoms with E-state index in [0.717, 1.165) is 24.9 Å². The minimum atomic E-state index is 0.253. The van der Waals surface area contributed by atoms with E-state index < -0.39 is 0 Å². The number of rotatable bonds is 6. The molecule has 1 fully saturated rings. The van der Waals surface area contributed by atoms with Crippen LogP contribution in [0.2, 0.25) is 0 Å². The molecular weight excluding hydrogens is 184 g/mol. The van der Waals surface area contributed by atoms with Gasteiger partial charge in [0.25, 0.3) is 0 Å². The van der Waals surface area contributed by atoms with Crippen LogP contribution >= 0.6 is 0 Å². The van der Waals surface area contributed by atoms with Crippen molar-refractivity contribution in [3.63, 3.8) is 0 Å². The summed E-state index contributed by atoms with van der Waals surface area (Å²) < 4.78 is 0. The Balaban J connectivity index is 2.46. The van der Waals surface area contributed by atoms with E-state index in [0.29, 0.717) is 0 Å². The van der Waals surface area contributed by atoms with E-state index in [-0.39, 0.29) is 5.54 Å². The van der Waals surface area contributed by atoms with Gasteiger partial charge in [-0.1, -0.05) is 40.0 Å². The lowest BCUT2D eigenvalue weighted by Gasteiger charge is -2.35. The van der Waals surface area contributed by atoms with Crippen LogP contribution in [0, 0.1) is 11.8 Å². The normalized spacial score (nSPS) is 31.4. The molecule has 0 aromatic heterocycles. The second-order valence-corrected chi connectivity index (χ2v) is 5.22. The number of hydrogen-bond acceptors (Lipinski definition) is 2. The Hall–Kier alpha value is -0.0800. The SMILES string of the molecule is CCC(CC)CNC1(CN)CCCC1C. The van der Waals surface area contributed by atoms with Gasteiger partial charge < -0.3 is 11.1 Å². The van der Waals surface area contributed by atoms with E-state index in [1.54, 1.807) is 0 Å². The van der Waals surface area contributed by atoms with Crippen molar-refractivity contribution in [1.29, 1.82) is 0 Å². The molecule has 2 atom stereocenters. The lowest BCUT2D eigenvalue weighted by molar-refractivity contribution is 0.246. The maximum absolute atomic E-state index is 5.97. The Morgan fingerprint density at radius 2 is 2.07 bits per heavy atom. The minimum absolute atomic E-state index is 0.253. The Kier molecular flexibility index (Phi) is 5.07. The van der Waals surface area contributed by atoms with Crippen LogP contribution in [0.4, 0.5) is 0 Å². The first kappa shape index (κ1) is 13.0. The van der Waals surface area contributed by atoms with Crippen LogP contribution in [0.1, 0.15) is 52.9 Å². The van der Waals surface area contributed by atoms with Crippen molar-refractivity contribution in [3.05, 3.63) is 0 Å². The lowest BCUT2D eigenvalue weighted by atomic mass is 9.87. The zero-order valence-electron chi connectivity index (χ0n) is 10.7. The predicted molar refractivity (Wildman–Crippen MR) is 66.9 cm³/mol. The molecule has 2 unspecified atom stereocenters. The van der Waals surface area contributed by atoms with Crippen molar-refractivity contribution >= 4 is 0 Å². The van der Waals surface area contributed by atoms with E-state index in [2.05, 4.69) is 26.1 Å². The molecule has 1 aliphatic carbocycles. The molecule has 0 spiro atoms. The van der Waals surface area contributed by atoms with Crippen molar-refractivity contribution in [3.8, 4) is 0 Å². The standard InChI is InChI=1S/C13H28N2/c1-4-12(5-2)9-15-13(10-14)8-6-7-11(13)3/h11-12,15H,4-10,14H2,1-3H3. The highest BCUT2D eigenvalue weighted by molar-refractivity contribution is 4.98. The molecule has 3 N–H and O–H groups in total. The monoisotopic (exact) mass is 212 g/mol. The molecule has 2 heteroatoms. The fourth-order valence-electron chi connectivity index (χ4n) is 2.81. The fraction of sp³-hybridized carbons (Fsp3) is 1.00. The third kappa shape index (κ3) is 2.94. The number of hydrogen-bond donors (Lipinski definition) is 2. The van der Waals surface area contributed by atoms with Crippen molar-refractivity contribution < 1.29 is 0 Å². The Bertz CT molecular complexity index is 177. The summed E-state index contributed by atoms with van der Waals surface area (Å²) in [6, 6.07) is 0. The van der Waals surface area contributed by atoms with Gasteiger partial charge in [0.05, 0.1) is 0 Å². The maximum atomic E-state index is 5.97. The first-order valence-corrected chi connectivity index (χ1v) is 6.63. The third-order valence-electron chi connectivity index (χ3n) is 4.47. The van der Waals surface area contributed by atoms with Gasteiger partial charge in [0.2, 0.25) is 0 Å². The third-order valence-corrected chi connectivity index (χ3v) is 4.47. The summed E-state index contributed by atoms with van der Waals surface area (Å²) in [5, 5.41) is 3.77. The van der Waals surface area contributed by atoms with E-state index >= 15 is 0 Å². The summed E-state index contributed by atoms with van der Waals surface area (Å²) in [6.45, 7) is 8.86. The van der Waals surface area contributed by atoms with Gasteiger partial charge >= 0.3 is 0 Å². The van der Waals surface area contributed by atoms with Crippen LogP contribution in [0.15, 0.2) is 0 Å². The fourth-order valence-corrected chi connectivity index (χ4v) is 2.81. The van der Waals surface area contributed by atoms with Gasteiger partial charge in [0, 0.05) is 12.1 Å². The van der Waals surface area contributed by atoms with Gasteiger partial charge in [0.15, 0.2) is 0 Å². The average Bonchev–Trinajstić information content (AvgIpc) is 2.62. The summed E-state index contributed by atoms with van der Waals surface area (Å²) in [5.41, 5.74) is 6.22. The molecule has 0 aromatic rings. The Morgan fingerprint density at radius 3 is 2.47 bits per heavy atom. The molecular formula is C13H28N2. The first-order chi connectivity index (χ1) is 7.18. The van der Waals surface area contributed by atoms with Crippen LogP contribution in [0.5, 0.6) is 0 Å². The number of nitrogens with one attached hydrogen (secondary N) is 1. The van der Waals surface area contributed by atoms with Crippen molar-refractivity contribution in [2.45, 2.75) is 58.4 Å². The number of nitrogens with two attached hydrogens (primary N) is 1. The van der Waals surface area contributed by atoms with E-state index in [9.17, 15) is 0 Å². The van der Waals surface area contributed by atoms with E-state index in [4.69, 9.17) is 5.73 Å². The largest absolute Gasteiger partial charge is 0.329 e. The molecule has 0 bridgehead atoms. The van der Waals surface area contributed by atoms with E-state index in [1.165, 1.54) is 32.1 Å². The van der Waals surface area contributed by atoms with Crippen molar-refractivity contribution in [2.75, 3.05) is 13.1 Å². The zero-order valence-corrected chi connectivity index (χ0v) is 10.7. The summed E-state index contributed by atoms with van der Waals surface area (Å²) in [7, 11) is 0. The molecule has 0 radical (unpaired) electrons. The summed E-state index contributed by atoms with van der Waals surface area (Å²) in [6.07, 6.45) is 6.50. The molecule has 0 aromatic carbocycles. The quantitative estimate of drug-likeness (QED) is 0.710. The van der Waals surface area contributed by atoms with Crippen LogP contribution in [-0.4, -0.2) is 18.6 Å². The van der Waals surface area contributed by atoms with Crippen molar-refractivity contribution in [1.82, 2.24) is 5.32 Å².